The molecule has 0 radical (unpaired) electrons. The van der Waals surface area contributed by atoms with Gasteiger partial charge in [0.2, 0.25) is 0 Å². The number of benzene rings is 1. The molecule has 1 aromatic carbocycles. The quantitative estimate of drug-likeness (QED) is 0.345. The molecule has 3 N–H and O–H groups in total. The van der Waals surface area contributed by atoms with E-state index in [-0.39, 0.29) is 41.8 Å². The van der Waals surface area contributed by atoms with E-state index in [0.717, 1.165) is 7.11 Å². The molecule has 0 heterocycles. The van der Waals surface area contributed by atoms with Crippen molar-refractivity contribution in [1.29, 1.82) is 0 Å². The SMILES string of the molecule is COC(=O)OCC(C)C(c1ccc(OC(=O)CC(C)(C)C)c(OC(=O)CC(C)(C)C)c1)[C@H](N)C(=O)O. The predicted molar refractivity (Wildman–Crippen MR) is 132 cm³/mol. The van der Waals surface area contributed by atoms with Gasteiger partial charge in [-0.05, 0) is 34.4 Å². The lowest BCUT2D eigenvalue weighted by Gasteiger charge is -2.28. The Morgan fingerprint density at radius 3 is 1.86 bits per heavy atom. The van der Waals surface area contributed by atoms with Crippen LogP contribution >= 0.6 is 0 Å². The minimum absolute atomic E-state index is 0.0244. The van der Waals surface area contributed by atoms with Gasteiger partial charge in [0.1, 0.15) is 6.04 Å². The first-order valence-corrected chi connectivity index (χ1v) is 11.7. The van der Waals surface area contributed by atoms with Crippen molar-refractivity contribution in [1.82, 2.24) is 0 Å². The molecule has 0 bridgehead atoms. The molecule has 10 nitrogen and oxygen atoms in total. The van der Waals surface area contributed by atoms with Crippen LogP contribution in [0.4, 0.5) is 4.79 Å². The molecule has 0 fully saturated rings. The van der Waals surface area contributed by atoms with Gasteiger partial charge in [-0.25, -0.2) is 4.79 Å². The lowest BCUT2D eigenvalue weighted by atomic mass is 9.82. The van der Waals surface area contributed by atoms with E-state index in [4.69, 9.17) is 19.9 Å². The Hall–Kier alpha value is -3.14. The highest BCUT2D eigenvalue weighted by molar-refractivity contribution is 5.77. The smallest absolute Gasteiger partial charge is 0.480 e. The van der Waals surface area contributed by atoms with E-state index in [2.05, 4.69) is 4.74 Å². The van der Waals surface area contributed by atoms with E-state index < -0.39 is 41.9 Å². The maximum atomic E-state index is 12.6. The Labute approximate surface area is 212 Å². The second kappa shape index (κ2) is 12.7. The number of methoxy groups -OCH3 is 1. The number of hydrogen-bond acceptors (Lipinski definition) is 9. The van der Waals surface area contributed by atoms with Gasteiger partial charge in [0, 0.05) is 5.92 Å². The van der Waals surface area contributed by atoms with Gasteiger partial charge in [0.15, 0.2) is 11.5 Å². The zero-order valence-electron chi connectivity index (χ0n) is 22.4. The summed E-state index contributed by atoms with van der Waals surface area (Å²) in [6.07, 6.45) is -0.700. The molecule has 36 heavy (non-hydrogen) atoms. The van der Waals surface area contributed by atoms with Crippen LogP contribution in [0.5, 0.6) is 11.5 Å². The number of esters is 2. The van der Waals surface area contributed by atoms with Crippen LogP contribution in [0.2, 0.25) is 0 Å². The summed E-state index contributed by atoms with van der Waals surface area (Å²) >= 11 is 0. The van der Waals surface area contributed by atoms with Crippen molar-refractivity contribution in [3.8, 4) is 11.5 Å². The van der Waals surface area contributed by atoms with Crippen molar-refractivity contribution in [3.05, 3.63) is 23.8 Å². The first-order chi connectivity index (χ1) is 16.4. The van der Waals surface area contributed by atoms with E-state index >= 15 is 0 Å². The first kappa shape index (κ1) is 30.9. The molecule has 0 amide bonds. The number of ether oxygens (including phenoxy) is 4. The number of aliphatic carboxylic acids is 1. The fourth-order valence-corrected chi connectivity index (χ4v) is 3.49. The number of carbonyl (C=O) groups is 4. The minimum atomic E-state index is -1.37. The Balaban J connectivity index is 3.44. The number of nitrogens with two attached hydrogens (primary N) is 1. The normalized spacial score (nSPS) is 14.2. The molecule has 0 aliphatic heterocycles. The molecular weight excluding hydrogens is 470 g/mol. The predicted octanol–water partition coefficient (Wildman–Crippen LogP) is 4.28. The highest BCUT2D eigenvalue weighted by atomic mass is 16.7. The summed E-state index contributed by atoms with van der Waals surface area (Å²) in [6.45, 7) is 12.8. The standard InChI is InChI=1S/C26H39NO9/c1-15(14-34-24(32)33-8)21(22(27)23(30)31)16-9-10-17(35-19(28)12-25(2,3)4)18(11-16)36-20(29)13-26(5,6)7/h9-11,15,21-22H,12-14,27H2,1-8H3,(H,30,31)/t15?,21?,22-/m0/s1. The molecule has 0 aliphatic rings. The molecule has 0 aromatic heterocycles. The van der Waals surface area contributed by atoms with Gasteiger partial charge >= 0.3 is 24.1 Å². The molecule has 10 heteroatoms. The topological polar surface area (TPSA) is 151 Å². The molecule has 2 unspecified atom stereocenters. The number of carboxylic acids is 1. The van der Waals surface area contributed by atoms with Crippen LogP contribution < -0.4 is 15.2 Å². The van der Waals surface area contributed by atoms with Gasteiger partial charge in [0.25, 0.3) is 0 Å². The zero-order chi connectivity index (χ0) is 27.8. The minimum Gasteiger partial charge on any atom is -0.480 e. The molecule has 0 saturated carbocycles. The molecule has 1 aromatic rings. The molecule has 0 aliphatic carbocycles. The summed E-state index contributed by atoms with van der Waals surface area (Å²) < 4.78 is 20.5. The number of hydrogen-bond donors (Lipinski definition) is 2. The third kappa shape index (κ3) is 10.6. The van der Waals surface area contributed by atoms with E-state index in [1.807, 2.05) is 41.5 Å². The van der Waals surface area contributed by atoms with Crippen molar-refractivity contribution >= 4 is 24.1 Å². The van der Waals surface area contributed by atoms with Crippen molar-refractivity contribution < 1.29 is 43.2 Å². The maximum absolute atomic E-state index is 12.6. The fourth-order valence-electron chi connectivity index (χ4n) is 3.49. The van der Waals surface area contributed by atoms with E-state index in [1.165, 1.54) is 12.1 Å². The monoisotopic (exact) mass is 509 g/mol. The molecule has 202 valence electrons. The van der Waals surface area contributed by atoms with Gasteiger partial charge in [-0.15, -0.1) is 0 Å². The van der Waals surface area contributed by atoms with Crippen LogP contribution in [0.15, 0.2) is 18.2 Å². The van der Waals surface area contributed by atoms with Gasteiger partial charge in [-0.3, -0.25) is 14.4 Å². The Morgan fingerprint density at radius 2 is 1.42 bits per heavy atom. The Bertz CT molecular complexity index is 944. The average Bonchev–Trinajstić information content (AvgIpc) is 2.70. The second-order valence-corrected chi connectivity index (χ2v) is 11.3. The van der Waals surface area contributed by atoms with Crippen molar-refractivity contribution in [2.45, 2.75) is 73.3 Å². The van der Waals surface area contributed by atoms with Crippen LogP contribution in [-0.2, 0) is 23.9 Å². The third-order valence-corrected chi connectivity index (χ3v) is 5.07. The number of rotatable bonds is 10. The fraction of sp³-hybridized carbons (Fsp3) is 0.615. The van der Waals surface area contributed by atoms with E-state index in [0.29, 0.717) is 5.56 Å². The summed E-state index contributed by atoms with van der Waals surface area (Å²) in [7, 11) is 1.16. The Morgan fingerprint density at radius 1 is 0.917 bits per heavy atom. The van der Waals surface area contributed by atoms with Crippen molar-refractivity contribution in [3.63, 3.8) is 0 Å². The summed E-state index contributed by atoms with van der Waals surface area (Å²) in [5.74, 6) is -3.73. The van der Waals surface area contributed by atoms with Gasteiger partial charge in [-0.2, -0.15) is 0 Å². The summed E-state index contributed by atoms with van der Waals surface area (Å²) in [6, 6.07) is 3.05. The lowest BCUT2D eigenvalue weighted by molar-refractivity contribution is -0.139. The van der Waals surface area contributed by atoms with Crippen LogP contribution in [-0.4, -0.2) is 48.9 Å². The van der Waals surface area contributed by atoms with Gasteiger partial charge in [-0.1, -0.05) is 54.5 Å². The van der Waals surface area contributed by atoms with Crippen LogP contribution in [0, 0.1) is 16.7 Å². The highest BCUT2D eigenvalue weighted by Crippen LogP contribution is 2.37. The molecule has 0 saturated heterocycles. The Kier molecular flexibility index (Phi) is 10.9. The van der Waals surface area contributed by atoms with E-state index in [9.17, 15) is 24.3 Å². The number of carbonyl (C=O) groups excluding carboxylic acids is 3. The van der Waals surface area contributed by atoms with E-state index in [1.54, 1.807) is 13.0 Å². The lowest BCUT2D eigenvalue weighted by Crippen LogP contribution is -2.40. The third-order valence-electron chi connectivity index (χ3n) is 5.07. The maximum Gasteiger partial charge on any atom is 0.507 e. The second-order valence-electron chi connectivity index (χ2n) is 11.3. The summed E-state index contributed by atoms with van der Waals surface area (Å²) in [5.41, 5.74) is 5.71. The van der Waals surface area contributed by atoms with Gasteiger partial charge in [0.05, 0.1) is 26.6 Å². The first-order valence-electron chi connectivity index (χ1n) is 11.7. The summed E-state index contributed by atoms with van der Waals surface area (Å²) in [5, 5.41) is 9.60. The van der Waals surface area contributed by atoms with Crippen molar-refractivity contribution in [2.75, 3.05) is 13.7 Å². The molecule has 1 rings (SSSR count). The molecule has 3 atom stereocenters. The van der Waals surface area contributed by atoms with Crippen LogP contribution in [0.1, 0.15) is 72.8 Å². The zero-order valence-corrected chi connectivity index (χ0v) is 22.4. The molecule has 0 spiro atoms. The largest absolute Gasteiger partial charge is 0.507 e. The number of carboxylic acid groups (broad SMARTS) is 1. The van der Waals surface area contributed by atoms with Gasteiger partial charge < -0.3 is 29.8 Å². The van der Waals surface area contributed by atoms with Crippen LogP contribution in [0.25, 0.3) is 0 Å². The average molecular weight is 510 g/mol. The highest BCUT2D eigenvalue weighted by Gasteiger charge is 2.33. The summed E-state index contributed by atoms with van der Waals surface area (Å²) in [4.78, 5) is 48.3. The molecular formula is C26H39NO9. The van der Waals surface area contributed by atoms with Crippen LogP contribution in [0.3, 0.4) is 0 Å². The van der Waals surface area contributed by atoms with Crippen molar-refractivity contribution in [2.24, 2.45) is 22.5 Å².